The van der Waals surface area contributed by atoms with Crippen LogP contribution in [0.25, 0.3) is 0 Å². The molecule has 0 aliphatic carbocycles. The molecular weight excluding hydrogens is 192 g/mol. The number of hydrogen-bond donors (Lipinski definition) is 0. The van der Waals surface area contributed by atoms with Crippen molar-refractivity contribution in [3.05, 3.63) is 0 Å². The molecule has 0 N–H and O–H groups in total. The molecule has 0 aromatic heterocycles. The molecule has 0 aromatic rings. The highest BCUT2D eigenvalue weighted by Crippen LogP contribution is 2.07. The molecule has 0 spiro atoms. The molecule has 0 saturated carbocycles. The molecule has 4 nitrogen and oxygen atoms in total. The molecule has 0 radical (unpaired) electrons. The Balaban J connectivity index is 1.73. The average Bonchev–Trinajstić information content (AvgIpc) is 2.63. The zero-order valence-corrected chi connectivity index (χ0v) is 9.49. The highest BCUT2D eigenvalue weighted by atomic mass is 16.5. The molecule has 0 unspecified atom stereocenters. The normalized spacial score (nSPS) is 27.2. The maximum atomic E-state index is 5.54. The van der Waals surface area contributed by atoms with Gasteiger partial charge in [0.15, 0.2) is 0 Å². The van der Waals surface area contributed by atoms with Crippen molar-refractivity contribution < 1.29 is 9.47 Å². The fraction of sp³-hybridized carbons (Fsp3) is 1.00. The zero-order valence-electron chi connectivity index (χ0n) is 9.49. The predicted molar refractivity (Wildman–Crippen MR) is 58.4 cm³/mol. The maximum Gasteiger partial charge on any atom is 0.1000 e. The summed E-state index contributed by atoms with van der Waals surface area (Å²) in [4.78, 5) is 4.75. The minimum Gasteiger partial charge on any atom is -0.366 e. The molecule has 2 aliphatic rings. The zero-order chi connectivity index (χ0) is 10.3. The van der Waals surface area contributed by atoms with E-state index in [1.807, 2.05) is 0 Å². The number of rotatable bonds is 2. The smallest absolute Gasteiger partial charge is 0.1000 e. The molecule has 4 heteroatoms. The molecule has 0 atom stereocenters. The third-order valence-electron chi connectivity index (χ3n) is 2.97. The van der Waals surface area contributed by atoms with E-state index >= 15 is 0 Å². The predicted octanol–water partition coefficient (Wildman–Crippen LogP) is 1.08. The van der Waals surface area contributed by atoms with Crippen LogP contribution in [0, 0.1) is 0 Å². The standard InChI is InChI=1S/C11H22N2O2/c1-3-7-14-10-12(5-1)9-13-6-2-4-8-15-11-13/h1-11H2. The Bertz CT molecular complexity index is 144. The van der Waals surface area contributed by atoms with E-state index < -0.39 is 0 Å². The topological polar surface area (TPSA) is 24.9 Å². The molecule has 88 valence electrons. The molecule has 2 heterocycles. The van der Waals surface area contributed by atoms with Gasteiger partial charge in [0.25, 0.3) is 0 Å². The van der Waals surface area contributed by atoms with E-state index in [1.54, 1.807) is 0 Å². The third-order valence-corrected chi connectivity index (χ3v) is 2.97. The minimum atomic E-state index is 0.788. The molecule has 0 aromatic carbocycles. The highest BCUT2D eigenvalue weighted by Gasteiger charge is 2.15. The lowest BCUT2D eigenvalue weighted by atomic mass is 10.3. The van der Waals surface area contributed by atoms with Gasteiger partial charge >= 0.3 is 0 Å². The fourth-order valence-corrected chi connectivity index (χ4v) is 2.10. The molecular formula is C11H22N2O2. The van der Waals surface area contributed by atoms with E-state index in [0.717, 1.165) is 46.4 Å². The van der Waals surface area contributed by atoms with Crippen molar-refractivity contribution in [2.75, 3.05) is 46.4 Å². The van der Waals surface area contributed by atoms with Crippen molar-refractivity contribution >= 4 is 0 Å². The molecule has 0 amide bonds. The summed E-state index contributed by atoms with van der Waals surface area (Å²) in [5.74, 6) is 0. The molecule has 0 bridgehead atoms. The summed E-state index contributed by atoms with van der Waals surface area (Å²) in [6.45, 7) is 6.75. The van der Waals surface area contributed by atoms with Gasteiger partial charge in [0, 0.05) is 26.3 Å². The van der Waals surface area contributed by atoms with Gasteiger partial charge in [-0.15, -0.1) is 0 Å². The van der Waals surface area contributed by atoms with Crippen LogP contribution in [0.2, 0.25) is 0 Å². The largest absolute Gasteiger partial charge is 0.366 e. The van der Waals surface area contributed by atoms with Crippen molar-refractivity contribution in [3.63, 3.8) is 0 Å². The summed E-state index contributed by atoms with van der Waals surface area (Å²) >= 11 is 0. The van der Waals surface area contributed by atoms with Crippen molar-refractivity contribution in [2.45, 2.75) is 25.7 Å². The van der Waals surface area contributed by atoms with Gasteiger partial charge in [-0.1, -0.05) is 0 Å². The molecule has 2 saturated heterocycles. The summed E-state index contributed by atoms with van der Waals surface area (Å²) in [6, 6.07) is 0. The van der Waals surface area contributed by atoms with Gasteiger partial charge in [-0.2, -0.15) is 0 Å². The van der Waals surface area contributed by atoms with Gasteiger partial charge in [0.2, 0.25) is 0 Å². The second-order valence-electron chi connectivity index (χ2n) is 4.42. The first kappa shape index (κ1) is 11.3. The lowest BCUT2D eigenvalue weighted by Crippen LogP contribution is -2.39. The quantitative estimate of drug-likeness (QED) is 0.687. The minimum absolute atomic E-state index is 0.788. The highest BCUT2D eigenvalue weighted by molar-refractivity contribution is 4.61. The van der Waals surface area contributed by atoms with E-state index in [2.05, 4.69) is 9.80 Å². The first-order valence-electron chi connectivity index (χ1n) is 6.05. The summed E-state index contributed by atoms with van der Waals surface area (Å²) in [5.41, 5.74) is 0. The van der Waals surface area contributed by atoms with Gasteiger partial charge in [-0.3, -0.25) is 9.80 Å². The van der Waals surface area contributed by atoms with Gasteiger partial charge < -0.3 is 9.47 Å². The first-order valence-corrected chi connectivity index (χ1v) is 6.05. The number of nitrogens with zero attached hydrogens (tertiary/aromatic N) is 2. The van der Waals surface area contributed by atoms with Crippen LogP contribution < -0.4 is 0 Å². The van der Waals surface area contributed by atoms with E-state index in [1.165, 1.54) is 25.7 Å². The first-order chi connectivity index (χ1) is 7.45. The molecule has 2 fully saturated rings. The summed E-state index contributed by atoms with van der Waals surface area (Å²) in [7, 11) is 0. The Morgan fingerprint density at radius 1 is 0.733 bits per heavy atom. The lowest BCUT2D eigenvalue weighted by molar-refractivity contribution is -0.0203. The van der Waals surface area contributed by atoms with Crippen LogP contribution in [0.1, 0.15) is 25.7 Å². The molecule has 2 rings (SSSR count). The van der Waals surface area contributed by atoms with Crippen LogP contribution in [0.5, 0.6) is 0 Å². The Labute approximate surface area is 92.1 Å². The van der Waals surface area contributed by atoms with Crippen LogP contribution in [0.4, 0.5) is 0 Å². The summed E-state index contributed by atoms with van der Waals surface area (Å²) < 4.78 is 11.1. The fourth-order valence-electron chi connectivity index (χ4n) is 2.10. The monoisotopic (exact) mass is 214 g/mol. The van der Waals surface area contributed by atoms with Crippen molar-refractivity contribution in [1.29, 1.82) is 0 Å². The van der Waals surface area contributed by atoms with E-state index in [4.69, 9.17) is 9.47 Å². The van der Waals surface area contributed by atoms with Crippen LogP contribution in [-0.2, 0) is 9.47 Å². The second kappa shape index (κ2) is 6.43. The van der Waals surface area contributed by atoms with Crippen molar-refractivity contribution in [3.8, 4) is 0 Å². The second-order valence-corrected chi connectivity index (χ2v) is 4.42. The van der Waals surface area contributed by atoms with Crippen LogP contribution in [0.3, 0.4) is 0 Å². The number of hydrogen-bond acceptors (Lipinski definition) is 4. The summed E-state index contributed by atoms with van der Waals surface area (Å²) in [5, 5.41) is 0. The lowest BCUT2D eigenvalue weighted by Gasteiger charge is -2.27. The van der Waals surface area contributed by atoms with Crippen LogP contribution in [0.15, 0.2) is 0 Å². The summed E-state index contributed by atoms with van der Waals surface area (Å²) in [6.07, 6.45) is 4.92. The maximum absolute atomic E-state index is 5.54. The van der Waals surface area contributed by atoms with E-state index in [9.17, 15) is 0 Å². The van der Waals surface area contributed by atoms with Crippen molar-refractivity contribution in [2.24, 2.45) is 0 Å². The molecule has 15 heavy (non-hydrogen) atoms. The Morgan fingerprint density at radius 2 is 1.27 bits per heavy atom. The van der Waals surface area contributed by atoms with Crippen molar-refractivity contribution in [1.82, 2.24) is 9.80 Å². The Hall–Kier alpha value is -0.160. The average molecular weight is 214 g/mol. The van der Waals surface area contributed by atoms with Gasteiger partial charge in [-0.25, -0.2) is 0 Å². The SMILES string of the molecule is C1CCN(CN2CCCCOC2)COC1. The van der Waals surface area contributed by atoms with E-state index in [0.29, 0.717) is 0 Å². The van der Waals surface area contributed by atoms with Crippen LogP contribution >= 0.6 is 0 Å². The van der Waals surface area contributed by atoms with Gasteiger partial charge in [-0.05, 0) is 25.7 Å². The number of ether oxygens (including phenoxy) is 2. The Morgan fingerprint density at radius 3 is 1.80 bits per heavy atom. The Kier molecular flexibility index (Phi) is 4.86. The van der Waals surface area contributed by atoms with Gasteiger partial charge in [0.1, 0.15) is 0 Å². The van der Waals surface area contributed by atoms with Crippen LogP contribution in [-0.4, -0.2) is 56.2 Å². The molecule has 2 aliphatic heterocycles. The van der Waals surface area contributed by atoms with E-state index in [-0.39, 0.29) is 0 Å². The van der Waals surface area contributed by atoms with Gasteiger partial charge in [0.05, 0.1) is 20.1 Å². The third kappa shape index (κ3) is 4.07.